The lowest BCUT2D eigenvalue weighted by Crippen LogP contribution is -2.70. The highest BCUT2D eigenvalue weighted by Gasteiger charge is 2.41. The van der Waals surface area contributed by atoms with Gasteiger partial charge in [-0.25, -0.2) is 14.6 Å². The molecule has 1 saturated heterocycles. The van der Waals surface area contributed by atoms with Crippen molar-refractivity contribution in [3.05, 3.63) is 11.1 Å². The van der Waals surface area contributed by atoms with Gasteiger partial charge < -0.3 is 30.1 Å². The molecule has 14 heteroatoms. The Morgan fingerprint density at radius 1 is 1.26 bits per heavy atom. The molecular weight excluding hydrogens is 482 g/mol. The van der Waals surface area contributed by atoms with E-state index in [2.05, 4.69) is 26.1 Å². The van der Waals surface area contributed by atoms with Crippen molar-refractivity contribution in [1.29, 1.82) is 0 Å². The fraction of sp³-hybridized carbons (Fsp3) is 0.619. The summed E-state index contributed by atoms with van der Waals surface area (Å²) in [4.78, 5) is 58.7. The maximum atomic E-state index is 13.0. The molecule has 0 bridgehead atoms. The zero-order chi connectivity index (χ0) is 26.6. The maximum absolute atomic E-state index is 13.0. The number of carbonyl (C=O) groups excluding carboxylic acids is 4. The van der Waals surface area contributed by atoms with Gasteiger partial charge in [0.25, 0.3) is 5.91 Å². The Balaban J connectivity index is 2.28. The SMILES string of the molecule is CC(C)OC(=O)C(C)(C)ON=C(C(=O)NC1C(=O)NC1CO)c1csc(NC(=O)OC(C)(C)C)n1. The van der Waals surface area contributed by atoms with Crippen molar-refractivity contribution in [2.45, 2.75) is 77.9 Å². The number of hydrogen-bond acceptors (Lipinski definition) is 11. The summed E-state index contributed by atoms with van der Waals surface area (Å²) in [5.74, 6) is -2.03. The Labute approximate surface area is 206 Å². The predicted molar refractivity (Wildman–Crippen MR) is 126 cm³/mol. The first kappa shape index (κ1) is 28.0. The number of β-lactam (4-membered cyclic amide) rings is 1. The van der Waals surface area contributed by atoms with E-state index in [0.29, 0.717) is 0 Å². The van der Waals surface area contributed by atoms with Crippen LogP contribution in [0.15, 0.2) is 10.5 Å². The van der Waals surface area contributed by atoms with Gasteiger partial charge in [-0.15, -0.1) is 11.3 Å². The van der Waals surface area contributed by atoms with Crippen LogP contribution in [0, 0.1) is 0 Å². The van der Waals surface area contributed by atoms with E-state index >= 15 is 0 Å². The van der Waals surface area contributed by atoms with Crippen LogP contribution in [-0.2, 0) is 28.7 Å². The third-order valence-electron chi connectivity index (χ3n) is 4.27. The number of ether oxygens (including phenoxy) is 2. The quantitative estimate of drug-likeness (QED) is 0.162. The minimum absolute atomic E-state index is 0.00636. The molecule has 2 rings (SSSR count). The number of nitrogens with one attached hydrogen (secondary N) is 3. The van der Waals surface area contributed by atoms with E-state index < -0.39 is 53.3 Å². The molecule has 2 unspecified atom stereocenters. The summed E-state index contributed by atoms with van der Waals surface area (Å²) in [6.45, 7) is 10.9. The van der Waals surface area contributed by atoms with Crippen LogP contribution in [-0.4, -0.2) is 75.7 Å². The highest BCUT2D eigenvalue weighted by Crippen LogP contribution is 2.20. The molecule has 0 radical (unpaired) electrons. The number of aliphatic hydroxyl groups is 1. The number of aromatic nitrogens is 1. The minimum Gasteiger partial charge on any atom is -0.460 e. The molecule has 1 aromatic rings. The average Bonchev–Trinajstić information content (AvgIpc) is 3.15. The number of esters is 1. The van der Waals surface area contributed by atoms with Crippen molar-refractivity contribution in [2.24, 2.45) is 5.16 Å². The molecule has 0 aliphatic carbocycles. The number of anilines is 1. The van der Waals surface area contributed by atoms with Crippen molar-refractivity contribution in [3.63, 3.8) is 0 Å². The molecule has 194 valence electrons. The van der Waals surface area contributed by atoms with E-state index in [-0.39, 0.29) is 23.1 Å². The second kappa shape index (κ2) is 11.0. The van der Waals surface area contributed by atoms with Crippen LogP contribution in [0.3, 0.4) is 0 Å². The predicted octanol–water partition coefficient (Wildman–Crippen LogP) is 0.917. The summed E-state index contributed by atoms with van der Waals surface area (Å²) < 4.78 is 10.3. The number of carbonyl (C=O) groups is 4. The van der Waals surface area contributed by atoms with Crippen molar-refractivity contribution >= 4 is 46.1 Å². The Morgan fingerprint density at radius 3 is 2.46 bits per heavy atom. The van der Waals surface area contributed by atoms with E-state index in [1.807, 2.05) is 0 Å². The highest BCUT2D eigenvalue weighted by molar-refractivity contribution is 7.14. The van der Waals surface area contributed by atoms with Crippen LogP contribution in [0.5, 0.6) is 0 Å². The van der Waals surface area contributed by atoms with E-state index in [1.165, 1.54) is 19.2 Å². The lowest BCUT2D eigenvalue weighted by molar-refractivity contribution is -0.172. The first-order valence-electron chi connectivity index (χ1n) is 10.8. The maximum Gasteiger partial charge on any atom is 0.413 e. The molecular formula is C21H31N5O8S. The van der Waals surface area contributed by atoms with Gasteiger partial charge in [-0.3, -0.25) is 14.9 Å². The zero-order valence-corrected chi connectivity index (χ0v) is 21.4. The van der Waals surface area contributed by atoms with Gasteiger partial charge in [0.05, 0.1) is 18.8 Å². The fourth-order valence-corrected chi connectivity index (χ4v) is 3.24. The standard InChI is InChI=1S/C21H31N5O8S/c1-10(2)32-17(30)21(6,7)34-26-14(16(29)24-13-11(8-27)22-15(13)28)12-9-35-18(23-12)25-19(31)33-20(3,4)5/h9-11,13,27H,8H2,1-7H3,(H,22,28)(H,24,29)(H,23,25,31). The number of rotatable bonds is 9. The molecule has 35 heavy (non-hydrogen) atoms. The van der Waals surface area contributed by atoms with Crippen molar-refractivity contribution in [1.82, 2.24) is 15.6 Å². The summed E-state index contributed by atoms with van der Waals surface area (Å²) >= 11 is 0.992. The summed E-state index contributed by atoms with van der Waals surface area (Å²) in [7, 11) is 0. The molecule has 4 N–H and O–H groups in total. The summed E-state index contributed by atoms with van der Waals surface area (Å²) in [5, 5.41) is 22.1. The number of oxime groups is 1. The minimum atomic E-state index is -1.55. The van der Waals surface area contributed by atoms with Crippen LogP contribution in [0.2, 0.25) is 0 Å². The molecule has 3 amide bonds. The van der Waals surface area contributed by atoms with Gasteiger partial charge in [-0.2, -0.15) is 0 Å². The van der Waals surface area contributed by atoms with Crippen LogP contribution in [0.4, 0.5) is 9.93 Å². The van der Waals surface area contributed by atoms with Gasteiger partial charge >= 0.3 is 12.1 Å². The third kappa shape index (κ3) is 7.89. The second-order valence-electron chi connectivity index (χ2n) is 9.41. The molecule has 0 saturated carbocycles. The van der Waals surface area contributed by atoms with E-state index in [4.69, 9.17) is 14.3 Å². The van der Waals surface area contributed by atoms with Crippen LogP contribution >= 0.6 is 11.3 Å². The Bertz CT molecular complexity index is 998. The van der Waals surface area contributed by atoms with E-state index in [1.54, 1.807) is 34.6 Å². The number of thiazole rings is 1. The highest BCUT2D eigenvalue weighted by atomic mass is 32.1. The number of amides is 3. The van der Waals surface area contributed by atoms with Crippen LogP contribution in [0.1, 0.15) is 54.2 Å². The summed E-state index contributed by atoms with van der Waals surface area (Å²) in [5.41, 5.74) is -2.63. The number of hydrogen-bond donors (Lipinski definition) is 4. The first-order valence-corrected chi connectivity index (χ1v) is 11.7. The summed E-state index contributed by atoms with van der Waals surface area (Å²) in [6.07, 6.45) is -1.14. The Hall–Kier alpha value is -3.26. The van der Waals surface area contributed by atoms with Gasteiger partial charge in [0.1, 0.15) is 17.3 Å². The topological polar surface area (TPSA) is 178 Å². The fourth-order valence-electron chi connectivity index (χ4n) is 2.56. The van der Waals surface area contributed by atoms with Gasteiger partial charge in [0.15, 0.2) is 10.8 Å². The molecule has 1 fully saturated rings. The zero-order valence-electron chi connectivity index (χ0n) is 20.6. The van der Waals surface area contributed by atoms with Gasteiger partial charge in [0, 0.05) is 5.38 Å². The van der Waals surface area contributed by atoms with E-state index in [9.17, 15) is 24.3 Å². The molecule has 2 heterocycles. The normalized spacial score (nSPS) is 18.3. The van der Waals surface area contributed by atoms with Crippen molar-refractivity contribution in [2.75, 3.05) is 11.9 Å². The van der Waals surface area contributed by atoms with Crippen molar-refractivity contribution in [3.8, 4) is 0 Å². The lowest BCUT2D eigenvalue weighted by atomic mass is 9.99. The van der Waals surface area contributed by atoms with Gasteiger partial charge in [-0.1, -0.05) is 5.16 Å². The molecule has 1 aliphatic rings. The van der Waals surface area contributed by atoms with Crippen LogP contribution < -0.4 is 16.0 Å². The smallest absolute Gasteiger partial charge is 0.413 e. The largest absolute Gasteiger partial charge is 0.460 e. The molecule has 0 aromatic carbocycles. The Kier molecular flexibility index (Phi) is 8.79. The Morgan fingerprint density at radius 2 is 1.91 bits per heavy atom. The molecule has 1 aromatic heterocycles. The monoisotopic (exact) mass is 513 g/mol. The molecule has 1 aliphatic heterocycles. The average molecular weight is 514 g/mol. The van der Waals surface area contributed by atoms with E-state index in [0.717, 1.165) is 11.3 Å². The van der Waals surface area contributed by atoms with Gasteiger partial charge in [0.2, 0.25) is 11.5 Å². The van der Waals surface area contributed by atoms with Gasteiger partial charge in [-0.05, 0) is 48.5 Å². The van der Waals surface area contributed by atoms with Crippen LogP contribution in [0.25, 0.3) is 0 Å². The lowest BCUT2D eigenvalue weighted by Gasteiger charge is -2.35. The first-order chi connectivity index (χ1) is 16.1. The molecule has 0 spiro atoms. The molecule has 2 atom stereocenters. The number of aliphatic hydroxyl groups excluding tert-OH is 1. The molecule has 13 nitrogen and oxygen atoms in total. The summed E-state index contributed by atoms with van der Waals surface area (Å²) in [6, 6.07) is -1.65. The second-order valence-corrected chi connectivity index (χ2v) is 10.3. The third-order valence-corrected chi connectivity index (χ3v) is 5.02. The van der Waals surface area contributed by atoms with Crippen molar-refractivity contribution < 1.29 is 38.6 Å². The number of nitrogens with zero attached hydrogens (tertiary/aromatic N) is 2.